The van der Waals surface area contributed by atoms with E-state index in [-0.39, 0.29) is 24.2 Å². The molecule has 1 aliphatic heterocycles. The summed E-state index contributed by atoms with van der Waals surface area (Å²) in [5, 5.41) is 27.4. The normalized spacial score (nSPS) is 20.0. The van der Waals surface area contributed by atoms with Gasteiger partial charge in [-0.15, -0.1) is 0 Å². The van der Waals surface area contributed by atoms with Gasteiger partial charge in [0.2, 0.25) is 0 Å². The molecule has 1 saturated carbocycles. The number of carbonyl (C=O) groups excluding carboxylic acids is 1. The van der Waals surface area contributed by atoms with Crippen molar-refractivity contribution in [1.29, 1.82) is 5.26 Å². The standard InChI is InChI=1S/C28H26ClN7O3/c1-28(2,38)15-39-18-8-19(26-17(9-30)11-33-36(26)12-18)16-5-6-23(32-10-16)35-13-20-21(14-35)24(20)34-27(37)25-22(29)4-3-7-31-25/h3-8,10-12,20-21,24,38H,13-15H2,1-2H3,(H,34,37)/t20-,21+,24+. The van der Waals surface area contributed by atoms with Crippen molar-refractivity contribution < 1.29 is 14.6 Å². The lowest BCUT2D eigenvalue weighted by Gasteiger charge is -2.21. The van der Waals surface area contributed by atoms with Crippen molar-refractivity contribution in [3.63, 3.8) is 0 Å². The molecule has 5 heterocycles. The molecule has 4 aromatic heterocycles. The Kier molecular flexibility index (Phi) is 6.13. The molecule has 6 rings (SSSR count). The van der Waals surface area contributed by atoms with Crippen molar-refractivity contribution in [3.8, 4) is 22.9 Å². The first kappa shape index (κ1) is 25.1. The van der Waals surface area contributed by atoms with E-state index in [0.717, 1.165) is 30.0 Å². The van der Waals surface area contributed by atoms with E-state index in [9.17, 15) is 15.2 Å². The van der Waals surface area contributed by atoms with Crippen LogP contribution in [-0.2, 0) is 0 Å². The number of nitriles is 1. The number of fused-ring (bicyclic) bond motifs is 2. The summed E-state index contributed by atoms with van der Waals surface area (Å²) < 4.78 is 7.43. The summed E-state index contributed by atoms with van der Waals surface area (Å²) in [5.41, 5.74) is 1.94. The number of carbonyl (C=O) groups is 1. The molecule has 2 N–H and O–H groups in total. The predicted octanol–water partition coefficient (Wildman–Crippen LogP) is 3.33. The fourth-order valence-corrected chi connectivity index (χ4v) is 5.38. The number of halogens is 1. The summed E-state index contributed by atoms with van der Waals surface area (Å²) in [6, 6.07) is 11.4. The molecule has 2 fully saturated rings. The molecule has 4 aromatic rings. The molecule has 1 aliphatic carbocycles. The zero-order valence-electron chi connectivity index (χ0n) is 21.4. The van der Waals surface area contributed by atoms with E-state index < -0.39 is 5.60 Å². The van der Waals surface area contributed by atoms with E-state index in [0.29, 0.717) is 33.7 Å². The van der Waals surface area contributed by atoms with Crippen LogP contribution in [0.5, 0.6) is 5.75 Å². The van der Waals surface area contributed by atoms with E-state index in [1.165, 1.54) is 6.20 Å². The van der Waals surface area contributed by atoms with Gasteiger partial charge in [0, 0.05) is 54.5 Å². The van der Waals surface area contributed by atoms with Crippen LogP contribution in [0.2, 0.25) is 5.02 Å². The molecule has 2 aliphatic rings. The van der Waals surface area contributed by atoms with E-state index in [1.807, 2.05) is 18.2 Å². The van der Waals surface area contributed by atoms with Gasteiger partial charge in [-0.05, 0) is 44.2 Å². The lowest BCUT2D eigenvalue weighted by Crippen LogP contribution is -2.35. The molecule has 3 atom stereocenters. The first-order chi connectivity index (χ1) is 18.7. The molecule has 0 bridgehead atoms. The second-order valence-electron chi connectivity index (χ2n) is 10.6. The minimum atomic E-state index is -0.996. The van der Waals surface area contributed by atoms with Gasteiger partial charge >= 0.3 is 0 Å². The third kappa shape index (κ3) is 4.87. The predicted molar refractivity (Wildman–Crippen MR) is 145 cm³/mol. The molecule has 0 unspecified atom stereocenters. The minimum Gasteiger partial charge on any atom is -0.489 e. The largest absolute Gasteiger partial charge is 0.489 e. The van der Waals surface area contributed by atoms with E-state index in [2.05, 4.69) is 26.4 Å². The molecule has 0 aromatic carbocycles. The van der Waals surface area contributed by atoms with Crippen molar-refractivity contribution in [2.45, 2.75) is 25.5 Å². The molecule has 0 radical (unpaired) electrons. The number of nitrogens with zero attached hydrogens (tertiary/aromatic N) is 6. The molecule has 1 amide bonds. The summed E-state index contributed by atoms with van der Waals surface area (Å²) >= 11 is 6.11. The topological polar surface area (TPSA) is 129 Å². The minimum absolute atomic E-state index is 0.106. The van der Waals surface area contributed by atoms with Gasteiger partial charge in [0.25, 0.3) is 5.91 Å². The average molecular weight is 544 g/mol. The maximum absolute atomic E-state index is 12.6. The van der Waals surface area contributed by atoms with Crippen LogP contribution < -0.4 is 15.0 Å². The van der Waals surface area contributed by atoms with Gasteiger partial charge in [-0.25, -0.2) is 14.5 Å². The number of hydrogen-bond acceptors (Lipinski definition) is 8. The first-order valence-corrected chi connectivity index (χ1v) is 13.0. The molecule has 1 saturated heterocycles. The van der Waals surface area contributed by atoms with Crippen molar-refractivity contribution in [3.05, 3.63) is 71.4 Å². The highest BCUT2D eigenvalue weighted by Crippen LogP contribution is 2.46. The van der Waals surface area contributed by atoms with Gasteiger partial charge in [-0.1, -0.05) is 11.6 Å². The summed E-state index contributed by atoms with van der Waals surface area (Å²) in [7, 11) is 0. The second-order valence-corrected chi connectivity index (χ2v) is 11.0. The highest BCUT2D eigenvalue weighted by Gasteiger charge is 2.56. The van der Waals surface area contributed by atoms with Crippen LogP contribution in [0.3, 0.4) is 0 Å². The van der Waals surface area contributed by atoms with Crippen LogP contribution in [0, 0.1) is 23.2 Å². The number of nitrogens with one attached hydrogen (secondary N) is 1. The number of aromatic nitrogens is 4. The first-order valence-electron chi connectivity index (χ1n) is 12.6. The third-order valence-electron chi connectivity index (χ3n) is 7.15. The Morgan fingerprint density at radius 1 is 1.26 bits per heavy atom. The number of pyridine rings is 3. The fraction of sp³-hybridized carbons (Fsp3) is 0.321. The molecule has 11 heteroatoms. The van der Waals surface area contributed by atoms with Crippen LogP contribution in [0.15, 0.2) is 55.1 Å². The lowest BCUT2D eigenvalue weighted by molar-refractivity contribution is 0.0283. The zero-order valence-corrected chi connectivity index (χ0v) is 22.1. The van der Waals surface area contributed by atoms with Crippen LogP contribution in [0.1, 0.15) is 29.9 Å². The summed E-state index contributed by atoms with van der Waals surface area (Å²) in [6.45, 7) is 5.04. The molecule has 39 heavy (non-hydrogen) atoms. The van der Waals surface area contributed by atoms with Gasteiger partial charge in [0.05, 0.1) is 34.1 Å². The van der Waals surface area contributed by atoms with Gasteiger partial charge in [0.15, 0.2) is 0 Å². The summed E-state index contributed by atoms with van der Waals surface area (Å²) in [4.78, 5) is 23.6. The van der Waals surface area contributed by atoms with Crippen molar-refractivity contribution >= 4 is 28.8 Å². The van der Waals surface area contributed by atoms with E-state index in [4.69, 9.17) is 21.3 Å². The number of rotatable bonds is 7. The van der Waals surface area contributed by atoms with Gasteiger partial charge in [-0.3, -0.25) is 4.79 Å². The monoisotopic (exact) mass is 543 g/mol. The summed E-state index contributed by atoms with van der Waals surface area (Å²) in [5.74, 6) is 1.84. The zero-order chi connectivity index (χ0) is 27.3. The third-order valence-corrected chi connectivity index (χ3v) is 7.45. The van der Waals surface area contributed by atoms with Crippen LogP contribution in [0.4, 0.5) is 5.82 Å². The highest BCUT2D eigenvalue weighted by atomic mass is 35.5. The summed E-state index contributed by atoms with van der Waals surface area (Å²) in [6.07, 6.45) is 6.56. The van der Waals surface area contributed by atoms with Gasteiger partial charge < -0.3 is 20.1 Å². The van der Waals surface area contributed by atoms with Crippen LogP contribution >= 0.6 is 11.6 Å². The second kappa shape index (κ2) is 9.52. The van der Waals surface area contributed by atoms with E-state index in [1.54, 1.807) is 49.1 Å². The van der Waals surface area contributed by atoms with Gasteiger partial charge in [-0.2, -0.15) is 10.4 Å². The molecule has 10 nitrogen and oxygen atoms in total. The Morgan fingerprint density at radius 2 is 2.05 bits per heavy atom. The lowest BCUT2D eigenvalue weighted by atomic mass is 10.1. The SMILES string of the molecule is CC(C)(O)COc1cc(-c2ccc(N3C[C@@H]4[C@H](C3)[C@H]4NC(=O)c3ncccc3Cl)nc2)c2c(C#N)cnn2c1. The molecule has 198 valence electrons. The average Bonchev–Trinajstić information content (AvgIpc) is 3.25. The Hall–Kier alpha value is -4.20. The Morgan fingerprint density at radius 3 is 2.72 bits per heavy atom. The molecular weight excluding hydrogens is 518 g/mol. The van der Waals surface area contributed by atoms with Crippen LogP contribution in [0.25, 0.3) is 16.6 Å². The van der Waals surface area contributed by atoms with Crippen molar-refractivity contribution in [2.75, 3.05) is 24.6 Å². The van der Waals surface area contributed by atoms with Gasteiger partial charge in [0.1, 0.15) is 29.9 Å². The molecular formula is C28H26ClN7O3. The Bertz CT molecular complexity index is 1590. The number of piperidine rings is 1. The number of hydrogen-bond donors (Lipinski definition) is 2. The smallest absolute Gasteiger partial charge is 0.271 e. The fourth-order valence-electron chi connectivity index (χ4n) is 5.17. The number of aliphatic hydroxyl groups is 1. The van der Waals surface area contributed by atoms with E-state index >= 15 is 0 Å². The number of ether oxygens (including phenoxy) is 1. The quantitative estimate of drug-likeness (QED) is 0.363. The maximum atomic E-state index is 12.6. The number of anilines is 1. The molecule has 0 spiro atoms. The number of amides is 1. The highest BCUT2D eigenvalue weighted by molar-refractivity contribution is 6.33. The van der Waals surface area contributed by atoms with Crippen LogP contribution in [-0.4, -0.2) is 61.9 Å². The Labute approximate surface area is 229 Å². The Balaban J connectivity index is 1.17. The van der Waals surface area contributed by atoms with Crippen molar-refractivity contribution in [2.24, 2.45) is 11.8 Å². The maximum Gasteiger partial charge on any atom is 0.271 e. The van der Waals surface area contributed by atoms with Crippen molar-refractivity contribution in [1.82, 2.24) is 24.9 Å².